The molecule has 5 atom stereocenters. The predicted octanol–water partition coefficient (Wildman–Crippen LogP) is -1.02. The van der Waals surface area contributed by atoms with Crippen LogP contribution in [0.15, 0.2) is 60.7 Å². The van der Waals surface area contributed by atoms with E-state index in [2.05, 4.69) is 16.0 Å². The Balaban J connectivity index is 2.20. The van der Waals surface area contributed by atoms with Crippen LogP contribution in [0.4, 0.5) is 0 Å². The quantitative estimate of drug-likeness (QED) is 0.148. The number of aliphatic hydroxyl groups excluding tert-OH is 1. The van der Waals surface area contributed by atoms with Crippen molar-refractivity contribution >= 4 is 29.6 Å². The zero-order valence-corrected chi connectivity index (χ0v) is 21.6. The summed E-state index contributed by atoms with van der Waals surface area (Å²) in [6.07, 6.45) is -1.56. The Hall–Kier alpha value is -4.29. The summed E-state index contributed by atoms with van der Waals surface area (Å²) < 4.78 is 0. The van der Waals surface area contributed by atoms with E-state index in [9.17, 15) is 34.2 Å². The van der Waals surface area contributed by atoms with E-state index in [1.807, 2.05) is 0 Å². The Morgan fingerprint density at radius 2 is 1.26 bits per heavy atom. The van der Waals surface area contributed by atoms with Gasteiger partial charge in [0, 0.05) is 19.3 Å². The molecule has 0 aliphatic rings. The van der Waals surface area contributed by atoms with Crippen LogP contribution in [-0.4, -0.2) is 70.1 Å². The number of benzene rings is 2. The lowest BCUT2D eigenvalue weighted by atomic mass is 10.0. The first-order valence-electron chi connectivity index (χ1n) is 12.4. The van der Waals surface area contributed by atoms with Crippen LogP contribution in [0.2, 0.25) is 0 Å². The highest BCUT2D eigenvalue weighted by atomic mass is 16.4. The van der Waals surface area contributed by atoms with Gasteiger partial charge in [0.15, 0.2) is 0 Å². The number of hydrogen-bond donors (Lipinski definition) is 7. The summed E-state index contributed by atoms with van der Waals surface area (Å²) in [6, 6.07) is 12.3. The van der Waals surface area contributed by atoms with Crippen LogP contribution in [0, 0.1) is 0 Å². The highest BCUT2D eigenvalue weighted by Crippen LogP contribution is 2.08. The van der Waals surface area contributed by atoms with E-state index < -0.39 is 59.9 Å². The normalized spacial score (nSPS) is 14.6. The number of carbonyl (C=O) groups excluding carboxylic acids is 4. The molecule has 4 amide bonds. The van der Waals surface area contributed by atoms with Crippen LogP contribution in [-0.2, 0) is 36.8 Å². The maximum absolute atomic E-state index is 13.3. The highest BCUT2D eigenvalue weighted by molar-refractivity contribution is 5.94. The molecule has 0 fully saturated rings. The van der Waals surface area contributed by atoms with Gasteiger partial charge in [-0.15, -0.1) is 0 Å². The molecule has 2 aromatic carbocycles. The Bertz CT molecular complexity index is 1130. The molecule has 5 unspecified atom stereocenters. The van der Waals surface area contributed by atoms with Crippen molar-refractivity contribution in [1.29, 1.82) is 0 Å². The summed E-state index contributed by atoms with van der Waals surface area (Å²) in [5, 5.41) is 27.2. The van der Waals surface area contributed by atoms with E-state index in [1.54, 1.807) is 60.7 Å². The third kappa shape index (κ3) is 10.5. The number of aliphatic carboxylic acids is 1. The second kappa shape index (κ2) is 15.2. The number of amides is 4. The van der Waals surface area contributed by atoms with Crippen LogP contribution in [0.1, 0.15) is 30.9 Å². The van der Waals surface area contributed by atoms with Crippen molar-refractivity contribution in [2.75, 3.05) is 0 Å². The molecule has 0 spiro atoms. The van der Waals surface area contributed by atoms with Gasteiger partial charge in [-0.25, -0.2) is 4.79 Å². The molecule has 0 bridgehead atoms. The van der Waals surface area contributed by atoms with E-state index in [1.165, 1.54) is 6.92 Å². The summed E-state index contributed by atoms with van der Waals surface area (Å²) in [6.45, 7) is 1.27. The monoisotopic (exact) mass is 541 g/mol. The fraction of sp³-hybridized carbons (Fsp3) is 0.370. The van der Waals surface area contributed by atoms with Crippen LogP contribution in [0.5, 0.6) is 0 Å². The number of rotatable bonds is 15. The fourth-order valence-corrected chi connectivity index (χ4v) is 3.74. The van der Waals surface area contributed by atoms with Gasteiger partial charge in [0.25, 0.3) is 0 Å². The Labute approximate surface area is 226 Å². The highest BCUT2D eigenvalue weighted by Gasteiger charge is 2.32. The van der Waals surface area contributed by atoms with Gasteiger partial charge in [-0.2, -0.15) is 0 Å². The Morgan fingerprint density at radius 3 is 1.72 bits per heavy atom. The molecule has 210 valence electrons. The molecule has 2 aromatic rings. The maximum Gasteiger partial charge on any atom is 0.326 e. The van der Waals surface area contributed by atoms with E-state index in [0.29, 0.717) is 11.1 Å². The summed E-state index contributed by atoms with van der Waals surface area (Å²) in [5.41, 5.74) is 12.2. The minimum Gasteiger partial charge on any atom is -0.480 e. The van der Waals surface area contributed by atoms with E-state index in [0.717, 1.165) is 0 Å². The lowest BCUT2D eigenvalue weighted by Gasteiger charge is -2.26. The molecule has 2 rings (SSSR count). The van der Waals surface area contributed by atoms with Crippen molar-refractivity contribution in [1.82, 2.24) is 16.0 Å². The van der Waals surface area contributed by atoms with Crippen molar-refractivity contribution in [3.05, 3.63) is 71.8 Å². The van der Waals surface area contributed by atoms with Crippen molar-refractivity contribution < 1.29 is 34.2 Å². The van der Waals surface area contributed by atoms with E-state index in [-0.39, 0.29) is 25.7 Å². The summed E-state index contributed by atoms with van der Waals surface area (Å²) >= 11 is 0. The zero-order valence-electron chi connectivity index (χ0n) is 21.6. The van der Waals surface area contributed by atoms with Crippen molar-refractivity contribution in [2.24, 2.45) is 11.5 Å². The van der Waals surface area contributed by atoms with Gasteiger partial charge in [0.2, 0.25) is 23.6 Å². The van der Waals surface area contributed by atoms with Crippen molar-refractivity contribution in [3.8, 4) is 0 Å². The second-order valence-corrected chi connectivity index (χ2v) is 9.18. The number of carboxylic acids is 1. The molecule has 39 heavy (non-hydrogen) atoms. The van der Waals surface area contributed by atoms with E-state index >= 15 is 0 Å². The predicted molar refractivity (Wildman–Crippen MR) is 142 cm³/mol. The summed E-state index contributed by atoms with van der Waals surface area (Å²) in [5.74, 6) is -4.34. The minimum absolute atomic E-state index is 0.00862. The summed E-state index contributed by atoms with van der Waals surface area (Å²) in [7, 11) is 0. The SMILES string of the molecule is CC(O)C(NC(=O)C(N)CCC(N)=O)C(=O)NC(Cc1ccccc1)C(=O)NC(Cc1ccccc1)C(=O)O. The first-order valence-corrected chi connectivity index (χ1v) is 12.4. The first kappa shape index (κ1) is 30.9. The lowest BCUT2D eigenvalue weighted by Crippen LogP contribution is -2.60. The molecule has 0 aliphatic heterocycles. The molecule has 0 heterocycles. The zero-order chi connectivity index (χ0) is 28.9. The average Bonchev–Trinajstić information content (AvgIpc) is 2.90. The third-order valence-corrected chi connectivity index (χ3v) is 5.91. The Morgan fingerprint density at radius 1 is 0.769 bits per heavy atom. The number of primary amides is 1. The van der Waals surface area contributed by atoms with Gasteiger partial charge in [0.1, 0.15) is 18.1 Å². The number of nitrogens with one attached hydrogen (secondary N) is 3. The Kier molecular flexibility index (Phi) is 12.1. The molecule has 12 heteroatoms. The molecule has 0 saturated carbocycles. The molecule has 0 aromatic heterocycles. The number of carbonyl (C=O) groups is 5. The standard InChI is InChI=1S/C27H35N5O7/c1-16(33)23(32-24(35)19(28)12-13-22(29)34)26(37)30-20(14-17-8-4-2-5-9-17)25(36)31-21(27(38)39)15-18-10-6-3-7-11-18/h2-11,16,19-21,23,33H,12-15,28H2,1H3,(H2,29,34)(H,30,37)(H,31,36)(H,32,35)(H,38,39). The third-order valence-electron chi connectivity index (χ3n) is 5.91. The molecule has 0 radical (unpaired) electrons. The largest absolute Gasteiger partial charge is 0.480 e. The van der Waals surface area contributed by atoms with E-state index in [4.69, 9.17) is 11.5 Å². The molecular weight excluding hydrogens is 506 g/mol. The maximum atomic E-state index is 13.3. The number of carboxylic acid groups (broad SMARTS) is 1. The van der Waals surface area contributed by atoms with Gasteiger partial charge in [-0.05, 0) is 24.5 Å². The van der Waals surface area contributed by atoms with Crippen LogP contribution in [0.25, 0.3) is 0 Å². The smallest absolute Gasteiger partial charge is 0.326 e. The number of hydrogen-bond acceptors (Lipinski definition) is 7. The second-order valence-electron chi connectivity index (χ2n) is 9.18. The fourth-order valence-electron chi connectivity index (χ4n) is 3.74. The van der Waals surface area contributed by atoms with Crippen molar-refractivity contribution in [3.63, 3.8) is 0 Å². The van der Waals surface area contributed by atoms with Gasteiger partial charge < -0.3 is 37.6 Å². The molecular formula is C27H35N5O7. The topological polar surface area (TPSA) is 214 Å². The average molecular weight is 542 g/mol. The van der Waals surface area contributed by atoms with Crippen molar-refractivity contribution in [2.45, 2.75) is 62.9 Å². The van der Waals surface area contributed by atoms with Gasteiger partial charge in [0.05, 0.1) is 12.1 Å². The van der Waals surface area contributed by atoms with Crippen LogP contribution < -0.4 is 27.4 Å². The van der Waals surface area contributed by atoms with Gasteiger partial charge in [-0.1, -0.05) is 60.7 Å². The molecule has 0 saturated heterocycles. The molecule has 9 N–H and O–H groups in total. The first-order chi connectivity index (χ1) is 18.5. The molecule has 12 nitrogen and oxygen atoms in total. The number of aliphatic hydroxyl groups is 1. The van der Waals surface area contributed by atoms with Crippen LogP contribution >= 0.6 is 0 Å². The van der Waals surface area contributed by atoms with Gasteiger partial charge in [-0.3, -0.25) is 19.2 Å². The molecule has 0 aliphatic carbocycles. The summed E-state index contributed by atoms with van der Waals surface area (Å²) in [4.78, 5) is 61.7. The number of nitrogens with two attached hydrogens (primary N) is 2. The lowest BCUT2D eigenvalue weighted by molar-refractivity contribution is -0.142. The van der Waals surface area contributed by atoms with Crippen LogP contribution in [0.3, 0.4) is 0 Å². The minimum atomic E-state index is -1.48. The van der Waals surface area contributed by atoms with Gasteiger partial charge >= 0.3 is 5.97 Å².